The first-order chi connectivity index (χ1) is 9.65. The Morgan fingerprint density at radius 3 is 2.70 bits per heavy atom. The highest BCUT2D eigenvalue weighted by atomic mass is 19.1. The molecule has 1 fully saturated rings. The average Bonchev–Trinajstić information content (AvgIpc) is 2.44. The smallest absolute Gasteiger partial charge is 0.223 e. The van der Waals surface area contributed by atoms with E-state index in [4.69, 9.17) is 4.74 Å². The van der Waals surface area contributed by atoms with Crippen molar-refractivity contribution in [2.45, 2.75) is 44.2 Å². The van der Waals surface area contributed by atoms with Gasteiger partial charge in [0.25, 0.3) is 0 Å². The number of aliphatic hydroxyl groups is 1. The summed E-state index contributed by atoms with van der Waals surface area (Å²) in [4.78, 5) is 11.7. The second-order valence-corrected chi connectivity index (χ2v) is 5.08. The number of halogens is 1. The number of hydrogen-bond acceptors (Lipinski definition) is 3. The maximum absolute atomic E-state index is 12.7. The van der Waals surface area contributed by atoms with Gasteiger partial charge < -0.3 is 15.2 Å². The number of hydrogen-bond donors (Lipinski definition) is 2. The second-order valence-electron chi connectivity index (χ2n) is 5.08. The van der Waals surface area contributed by atoms with Crippen LogP contribution in [0.5, 0.6) is 5.75 Å². The molecule has 0 spiro atoms. The molecule has 0 radical (unpaired) electrons. The van der Waals surface area contributed by atoms with Crippen molar-refractivity contribution in [2.24, 2.45) is 0 Å². The first-order valence-electron chi connectivity index (χ1n) is 7.01. The van der Waals surface area contributed by atoms with Crippen molar-refractivity contribution in [3.8, 4) is 5.75 Å². The van der Waals surface area contributed by atoms with Crippen molar-refractivity contribution in [3.05, 3.63) is 30.1 Å². The minimum atomic E-state index is -0.439. The van der Waals surface area contributed by atoms with E-state index in [1.54, 1.807) is 0 Å². The number of aliphatic hydroxyl groups excluding tert-OH is 1. The van der Waals surface area contributed by atoms with E-state index < -0.39 is 6.10 Å². The highest BCUT2D eigenvalue weighted by Gasteiger charge is 2.24. The Morgan fingerprint density at radius 1 is 1.30 bits per heavy atom. The molecule has 1 aromatic carbocycles. The van der Waals surface area contributed by atoms with E-state index in [0.29, 0.717) is 5.75 Å². The van der Waals surface area contributed by atoms with Crippen LogP contribution in [0.15, 0.2) is 24.3 Å². The normalized spacial score (nSPS) is 22.3. The fourth-order valence-corrected chi connectivity index (χ4v) is 2.35. The van der Waals surface area contributed by atoms with Crippen LogP contribution in [-0.4, -0.2) is 29.8 Å². The zero-order chi connectivity index (χ0) is 14.4. The van der Waals surface area contributed by atoms with Crippen LogP contribution in [-0.2, 0) is 4.79 Å². The summed E-state index contributed by atoms with van der Waals surface area (Å²) in [6.07, 6.45) is 3.41. The molecular formula is C15H20FNO3. The molecule has 2 atom stereocenters. The highest BCUT2D eigenvalue weighted by Crippen LogP contribution is 2.18. The molecule has 4 nitrogen and oxygen atoms in total. The van der Waals surface area contributed by atoms with Crippen LogP contribution in [0, 0.1) is 5.82 Å². The summed E-state index contributed by atoms with van der Waals surface area (Å²) < 4.78 is 18.0. The maximum Gasteiger partial charge on any atom is 0.223 e. The lowest BCUT2D eigenvalue weighted by atomic mass is 9.92. The number of nitrogens with one attached hydrogen (secondary N) is 1. The van der Waals surface area contributed by atoms with Crippen LogP contribution >= 0.6 is 0 Å². The SMILES string of the molecule is O=C(CCOc1ccc(F)cc1)N[C@@H]1CCCC[C@H]1O. The van der Waals surface area contributed by atoms with Crippen molar-refractivity contribution in [2.75, 3.05) is 6.61 Å². The summed E-state index contributed by atoms with van der Waals surface area (Å²) in [5.41, 5.74) is 0. The van der Waals surface area contributed by atoms with Gasteiger partial charge in [0.05, 0.1) is 25.2 Å². The van der Waals surface area contributed by atoms with Crippen molar-refractivity contribution in [3.63, 3.8) is 0 Å². The summed E-state index contributed by atoms with van der Waals surface area (Å²) in [6.45, 7) is 0.236. The Hall–Kier alpha value is -1.62. The summed E-state index contributed by atoms with van der Waals surface area (Å²) >= 11 is 0. The zero-order valence-electron chi connectivity index (χ0n) is 11.3. The van der Waals surface area contributed by atoms with Gasteiger partial charge in [0, 0.05) is 0 Å². The lowest BCUT2D eigenvalue weighted by molar-refractivity contribution is -0.123. The molecule has 0 bridgehead atoms. The molecular weight excluding hydrogens is 261 g/mol. The number of amides is 1. The third kappa shape index (κ3) is 4.49. The fraction of sp³-hybridized carbons (Fsp3) is 0.533. The molecule has 20 heavy (non-hydrogen) atoms. The molecule has 1 aromatic rings. The van der Waals surface area contributed by atoms with Crippen molar-refractivity contribution < 1.29 is 19.0 Å². The van der Waals surface area contributed by atoms with Crippen molar-refractivity contribution in [1.82, 2.24) is 5.32 Å². The number of rotatable bonds is 5. The van der Waals surface area contributed by atoms with Crippen LogP contribution in [0.4, 0.5) is 4.39 Å². The van der Waals surface area contributed by atoms with Gasteiger partial charge in [0.15, 0.2) is 0 Å². The van der Waals surface area contributed by atoms with Gasteiger partial charge in [-0.1, -0.05) is 12.8 Å². The topological polar surface area (TPSA) is 58.6 Å². The van der Waals surface area contributed by atoms with E-state index in [9.17, 15) is 14.3 Å². The average molecular weight is 281 g/mol. The molecule has 0 saturated heterocycles. The quantitative estimate of drug-likeness (QED) is 0.868. The van der Waals surface area contributed by atoms with E-state index in [0.717, 1.165) is 25.7 Å². The molecule has 2 rings (SSSR count). The molecule has 1 aliphatic rings. The Labute approximate surface area is 117 Å². The summed E-state index contributed by atoms with van der Waals surface area (Å²) in [6, 6.07) is 5.54. The first kappa shape index (κ1) is 14.8. The van der Waals surface area contributed by atoms with Gasteiger partial charge in [-0.25, -0.2) is 4.39 Å². The Morgan fingerprint density at radius 2 is 2.00 bits per heavy atom. The number of ether oxygens (including phenoxy) is 1. The molecule has 0 aliphatic heterocycles. The van der Waals surface area contributed by atoms with Crippen LogP contribution in [0.2, 0.25) is 0 Å². The number of carbonyl (C=O) groups is 1. The molecule has 0 heterocycles. The summed E-state index contributed by atoms with van der Waals surface area (Å²) in [7, 11) is 0. The molecule has 1 aliphatic carbocycles. The Balaban J connectivity index is 1.68. The van der Waals surface area contributed by atoms with Gasteiger partial charge in [0.1, 0.15) is 11.6 Å². The van der Waals surface area contributed by atoms with Crippen molar-refractivity contribution >= 4 is 5.91 Å². The van der Waals surface area contributed by atoms with E-state index >= 15 is 0 Å². The van der Waals surface area contributed by atoms with Gasteiger partial charge in [-0.05, 0) is 37.1 Å². The minimum Gasteiger partial charge on any atom is -0.493 e. The lowest BCUT2D eigenvalue weighted by Crippen LogP contribution is -2.45. The standard InChI is InChI=1S/C15H20FNO3/c16-11-5-7-12(8-6-11)20-10-9-15(19)17-13-3-1-2-4-14(13)18/h5-8,13-14,18H,1-4,9-10H2,(H,17,19)/t13-,14-/m1/s1. The zero-order valence-corrected chi connectivity index (χ0v) is 11.3. The van der Waals surface area contributed by atoms with Crippen LogP contribution in [0.1, 0.15) is 32.1 Å². The van der Waals surface area contributed by atoms with E-state index in [1.165, 1.54) is 24.3 Å². The Bertz CT molecular complexity index is 435. The number of carbonyl (C=O) groups excluding carboxylic acids is 1. The third-order valence-electron chi connectivity index (χ3n) is 3.49. The van der Waals surface area contributed by atoms with Gasteiger partial charge in [-0.2, -0.15) is 0 Å². The molecule has 0 aromatic heterocycles. The molecule has 110 valence electrons. The van der Waals surface area contributed by atoms with Gasteiger partial charge in [-0.3, -0.25) is 4.79 Å². The first-order valence-corrected chi connectivity index (χ1v) is 7.01. The molecule has 1 amide bonds. The van der Waals surface area contributed by atoms with E-state index in [1.807, 2.05) is 0 Å². The van der Waals surface area contributed by atoms with Crippen LogP contribution in [0.25, 0.3) is 0 Å². The lowest BCUT2D eigenvalue weighted by Gasteiger charge is -2.28. The van der Waals surface area contributed by atoms with Crippen LogP contribution in [0.3, 0.4) is 0 Å². The van der Waals surface area contributed by atoms with E-state index in [-0.39, 0.29) is 30.8 Å². The second kappa shape index (κ2) is 7.24. The third-order valence-corrected chi connectivity index (χ3v) is 3.49. The largest absolute Gasteiger partial charge is 0.493 e. The minimum absolute atomic E-state index is 0.127. The summed E-state index contributed by atoms with van der Waals surface area (Å²) in [5.74, 6) is 0.0938. The highest BCUT2D eigenvalue weighted by molar-refractivity contribution is 5.76. The fourth-order valence-electron chi connectivity index (χ4n) is 2.35. The Kier molecular flexibility index (Phi) is 5.35. The molecule has 5 heteroatoms. The van der Waals surface area contributed by atoms with Gasteiger partial charge >= 0.3 is 0 Å². The molecule has 1 saturated carbocycles. The monoisotopic (exact) mass is 281 g/mol. The predicted octanol–water partition coefficient (Wildman–Crippen LogP) is 2.01. The molecule has 2 N–H and O–H groups in total. The van der Waals surface area contributed by atoms with Crippen molar-refractivity contribution in [1.29, 1.82) is 0 Å². The van der Waals surface area contributed by atoms with Gasteiger partial charge in [0.2, 0.25) is 5.91 Å². The summed E-state index contributed by atoms with van der Waals surface area (Å²) in [5, 5.41) is 12.6. The maximum atomic E-state index is 12.7. The van der Waals surface area contributed by atoms with Gasteiger partial charge in [-0.15, -0.1) is 0 Å². The predicted molar refractivity (Wildman–Crippen MR) is 72.9 cm³/mol. The van der Waals surface area contributed by atoms with E-state index in [2.05, 4.69) is 5.32 Å². The molecule has 0 unspecified atom stereocenters. The van der Waals surface area contributed by atoms with Crippen LogP contribution < -0.4 is 10.1 Å². The number of benzene rings is 1.